The molecule has 0 amide bonds. The first-order chi connectivity index (χ1) is 16.3. The molecule has 0 bridgehead atoms. The molecule has 11 heteroatoms. The lowest BCUT2D eigenvalue weighted by atomic mass is 10.1. The average molecular weight is 490 g/mol. The van der Waals surface area contributed by atoms with Crippen molar-refractivity contribution in [2.24, 2.45) is 0 Å². The number of rotatable bonds is 9. The lowest BCUT2D eigenvalue weighted by Crippen LogP contribution is -2.33. The maximum absolute atomic E-state index is 13.2. The summed E-state index contributed by atoms with van der Waals surface area (Å²) in [5.41, 5.74) is 1.04. The van der Waals surface area contributed by atoms with E-state index in [1.54, 1.807) is 24.4 Å². The van der Waals surface area contributed by atoms with Crippen LogP contribution < -0.4 is 10.3 Å². The summed E-state index contributed by atoms with van der Waals surface area (Å²) in [6.45, 7) is 5.60. The summed E-state index contributed by atoms with van der Waals surface area (Å²) in [6.07, 6.45) is 4.23. The monoisotopic (exact) mass is 489 g/mol. The highest BCUT2D eigenvalue weighted by molar-refractivity contribution is 7.89. The molecule has 10 nitrogen and oxygen atoms in total. The summed E-state index contributed by atoms with van der Waals surface area (Å²) >= 11 is 0. The molecule has 0 atom stereocenters. The van der Waals surface area contributed by atoms with Gasteiger partial charge in [-0.25, -0.2) is 17.9 Å². The van der Waals surface area contributed by atoms with E-state index in [0.717, 1.165) is 31.5 Å². The Balaban J connectivity index is 1.90. The zero-order valence-electron chi connectivity index (χ0n) is 19.7. The number of benzene rings is 1. The molecular weight excluding hydrogens is 458 g/mol. The van der Waals surface area contributed by atoms with Crippen molar-refractivity contribution in [1.82, 2.24) is 23.9 Å². The number of aryl methyl sites for hydroxylation is 1. The van der Waals surface area contributed by atoms with Gasteiger partial charge in [-0.2, -0.15) is 4.31 Å². The summed E-state index contributed by atoms with van der Waals surface area (Å²) in [5, 5.41) is 14.0. The van der Waals surface area contributed by atoms with Gasteiger partial charge >= 0.3 is 0 Å². The molecule has 2 aromatic heterocycles. The topological polar surface area (TPSA) is 130 Å². The number of ether oxygens (including phenoxy) is 1. The Morgan fingerprint density at radius 1 is 1.26 bits per heavy atom. The highest BCUT2D eigenvalue weighted by atomic mass is 32.2. The van der Waals surface area contributed by atoms with E-state index in [1.165, 1.54) is 16.4 Å². The zero-order chi connectivity index (χ0) is 24.5. The molecule has 0 saturated heterocycles. The second-order valence-electron chi connectivity index (χ2n) is 8.41. The molecule has 184 valence electrons. The first kappa shape index (κ1) is 24.4. The number of nitrogens with one attached hydrogen (secondary N) is 1. The van der Waals surface area contributed by atoms with E-state index in [2.05, 4.69) is 9.97 Å². The minimum absolute atomic E-state index is 0.0124. The molecule has 2 heterocycles. The Labute approximate surface area is 198 Å². The number of aromatic amines is 1. The van der Waals surface area contributed by atoms with Crippen LogP contribution in [0.15, 0.2) is 27.9 Å². The number of aliphatic hydroxyl groups is 1. The number of aliphatic hydroxyl groups excluding tert-OH is 1. The van der Waals surface area contributed by atoms with Crippen LogP contribution in [0.4, 0.5) is 0 Å². The minimum Gasteiger partial charge on any atom is -0.493 e. The van der Waals surface area contributed by atoms with Crippen molar-refractivity contribution >= 4 is 15.5 Å². The van der Waals surface area contributed by atoms with E-state index in [0.29, 0.717) is 29.1 Å². The van der Waals surface area contributed by atoms with Gasteiger partial charge in [-0.05, 0) is 44.9 Å². The predicted octanol–water partition coefficient (Wildman–Crippen LogP) is 2.45. The van der Waals surface area contributed by atoms with Crippen LogP contribution in [-0.4, -0.2) is 63.7 Å². The second kappa shape index (κ2) is 9.85. The fourth-order valence-corrected chi connectivity index (χ4v) is 6.07. The number of aromatic nitrogens is 4. The fourth-order valence-electron chi connectivity index (χ4n) is 4.61. The summed E-state index contributed by atoms with van der Waals surface area (Å²) in [4.78, 5) is 20.6. The minimum atomic E-state index is -3.87. The van der Waals surface area contributed by atoms with Gasteiger partial charge in [0.05, 0.1) is 29.4 Å². The van der Waals surface area contributed by atoms with Gasteiger partial charge in [0.1, 0.15) is 11.6 Å². The van der Waals surface area contributed by atoms with Crippen molar-refractivity contribution in [3.05, 3.63) is 40.1 Å². The average Bonchev–Trinajstić information content (AvgIpc) is 3.45. The van der Waals surface area contributed by atoms with E-state index >= 15 is 0 Å². The zero-order valence-corrected chi connectivity index (χ0v) is 20.6. The van der Waals surface area contributed by atoms with Crippen molar-refractivity contribution in [2.45, 2.75) is 57.3 Å². The molecule has 2 N–H and O–H groups in total. The Bertz CT molecular complexity index is 1340. The normalized spacial score (nSPS) is 15.0. The van der Waals surface area contributed by atoms with Gasteiger partial charge in [0.25, 0.3) is 5.56 Å². The number of sulfonamides is 1. The van der Waals surface area contributed by atoms with Crippen molar-refractivity contribution in [2.75, 3.05) is 26.3 Å². The highest BCUT2D eigenvalue weighted by Crippen LogP contribution is 2.35. The Morgan fingerprint density at radius 3 is 2.65 bits per heavy atom. The molecule has 0 spiro atoms. The molecule has 1 aliphatic carbocycles. The van der Waals surface area contributed by atoms with Gasteiger partial charge < -0.3 is 14.8 Å². The van der Waals surface area contributed by atoms with Crippen molar-refractivity contribution in [3.8, 4) is 17.1 Å². The third-order valence-corrected chi connectivity index (χ3v) is 8.24. The van der Waals surface area contributed by atoms with Crippen LogP contribution in [0.1, 0.15) is 57.0 Å². The lowest BCUT2D eigenvalue weighted by molar-refractivity contribution is 0.257. The maximum atomic E-state index is 13.2. The Kier molecular flexibility index (Phi) is 7.06. The summed E-state index contributed by atoms with van der Waals surface area (Å²) in [6, 6.07) is 4.50. The number of hydrogen-bond acceptors (Lipinski definition) is 7. The molecule has 0 unspecified atom stereocenters. The molecule has 34 heavy (non-hydrogen) atoms. The molecule has 0 aliphatic heterocycles. The standard InChI is InChI=1S/C23H31N5O5S/c1-4-27(12-13-29)34(31,32)17-10-11-19(33-5-2)18(14-17)21-25-23(30)20-15(3)24-22(28(20)26-21)16-8-6-7-9-16/h10-11,14,16,29H,4-9,12-13H2,1-3H3,(H,25,26,30). The number of hydrogen-bond donors (Lipinski definition) is 2. The molecule has 1 fully saturated rings. The van der Waals surface area contributed by atoms with Crippen LogP contribution in [0, 0.1) is 6.92 Å². The van der Waals surface area contributed by atoms with Gasteiger partial charge in [0, 0.05) is 19.0 Å². The number of nitrogens with zero attached hydrogens (tertiary/aromatic N) is 4. The van der Waals surface area contributed by atoms with E-state index < -0.39 is 10.0 Å². The van der Waals surface area contributed by atoms with Gasteiger partial charge in [0.15, 0.2) is 11.3 Å². The lowest BCUT2D eigenvalue weighted by Gasteiger charge is -2.20. The van der Waals surface area contributed by atoms with E-state index in [1.807, 2.05) is 6.92 Å². The number of likely N-dealkylation sites (N-methyl/N-ethyl adjacent to an activating group) is 1. The SMILES string of the molecule is CCOc1ccc(S(=O)(=O)N(CC)CCO)cc1-c1nn2c(C3CCCC3)nc(C)c2c(=O)[nH]1. The van der Waals surface area contributed by atoms with Crippen LogP contribution in [0.3, 0.4) is 0 Å². The molecule has 1 aromatic carbocycles. The third-order valence-electron chi connectivity index (χ3n) is 6.27. The molecule has 1 saturated carbocycles. The van der Waals surface area contributed by atoms with Crippen LogP contribution in [0.5, 0.6) is 5.75 Å². The first-order valence-corrected chi connectivity index (χ1v) is 13.1. The quantitative estimate of drug-likeness (QED) is 0.472. The predicted molar refractivity (Wildman–Crippen MR) is 128 cm³/mol. The van der Waals surface area contributed by atoms with Crippen LogP contribution in [0.2, 0.25) is 0 Å². The largest absolute Gasteiger partial charge is 0.493 e. The van der Waals surface area contributed by atoms with Gasteiger partial charge in [-0.3, -0.25) is 4.79 Å². The molecular formula is C23H31N5O5S. The van der Waals surface area contributed by atoms with Crippen molar-refractivity contribution in [3.63, 3.8) is 0 Å². The summed E-state index contributed by atoms with van der Waals surface area (Å²) < 4.78 is 34.9. The van der Waals surface area contributed by atoms with Crippen LogP contribution >= 0.6 is 0 Å². The molecule has 4 rings (SSSR count). The van der Waals surface area contributed by atoms with Gasteiger partial charge in [0.2, 0.25) is 10.0 Å². The van der Waals surface area contributed by atoms with Gasteiger partial charge in [-0.15, -0.1) is 5.10 Å². The second-order valence-corrected chi connectivity index (χ2v) is 10.3. The van der Waals surface area contributed by atoms with E-state index in [4.69, 9.17) is 9.84 Å². The highest BCUT2D eigenvalue weighted by Gasteiger charge is 2.27. The smallest absolute Gasteiger partial charge is 0.277 e. The van der Waals surface area contributed by atoms with Crippen molar-refractivity contribution < 1.29 is 18.3 Å². The number of H-pyrrole nitrogens is 1. The maximum Gasteiger partial charge on any atom is 0.277 e. The Hall–Kier alpha value is -2.76. The van der Waals surface area contributed by atoms with E-state index in [-0.39, 0.29) is 41.9 Å². The number of imidazole rings is 1. The van der Waals surface area contributed by atoms with Crippen LogP contribution in [0.25, 0.3) is 16.9 Å². The third kappa shape index (κ3) is 4.35. The van der Waals surface area contributed by atoms with Gasteiger partial charge in [-0.1, -0.05) is 19.8 Å². The molecule has 0 radical (unpaired) electrons. The number of fused-ring (bicyclic) bond motifs is 1. The molecule has 1 aliphatic rings. The van der Waals surface area contributed by atoms with E-state index in [9.17, 15) is 18.3 Å². The van der Waals surface area contributed by atoms with Crippen molar-refractivity contribution in [1.29, 1.82) is 0 Å². The molecule has 3 aromatic rings. The van der Waals surface area contributed by atoms with Crippen LogP contribution in [-0.2, 0) is 10.0 Å². The Morgan fingerprint density at radius 2 is 2.00 bits per heavy atom. The summed E-state index contributed by atoms with van der Waals surface area (Å²) in [5.74, 6) is 1.62. The fraction of sp³-hybridized carbons (Fsp3) is 0.522. The summed E-state index contributed by atoms with van der Waals surface area (Å²) in [7, 11) is -3.87. The first-order valence-electron chi connectivity index (χ1n) is 11.7.